The lowest BCUT2D eigenvalue weighted by Crippen LogP contribution is -2.34. The Morgan fingerprint density at radius 1 is 1.64 bits per heavy atom. The molecular formula is C8H13N3O2S. The maximum absolute atomic E-state index is 11.7. The van der Waals surface area contributed by atoms with Crippen LogP contribution in [0.1, 0.15) is 19.8 Å². The van der Waals surface area contributed by atoms with Crippen molar-refractivity contribution >= 4 is 10.0 Å². The van der Waals surface area contributed by atoms with Crippen LogP contribution in [0.4, 0.5) is 0 Å². The molecule has 1 aromatic rings. The van der Waals surface area contributed by atoms with Crippen LogP contribution >= 0.6 is 0 Å². The zero-order valence-corrected chi connectivity index (χ0v) is 8.71. The average Bonchev–Trinajstić information content (AvgIpc) is 2.80. The molecule has 1 atom stereocenters. The van der Waals surface area contributed by atoms with Gasteiger partial charge in [-0.1, -0.05) is 0 Å². The highest BCUT2D eigenvalue weighted by molar-refractivity contribution is 7.89. The van der Waals surface area contributed by atoms with Gasteiger partial charge in [0, 0.05) is 6.04 Å². The molecule has 1 unspecified atom stereocenters. The van der Waals surface area contributed by atoms with E-state index in [1.54, 1.807) is 0 Å². The number of aromatic nitrogens is 2. The summed E-state index contributed by atoms with van der Waals surface area (Å²) in [5, 5.41) is 6.18. The number of hydrogen-bond acceptors (Lipinski definition) is 3. The van der Waals surface area contributed by atoms with Gasteiger partial charge in [0.2, 0.25) is 0 Å². The van der Waals surface area contributed by atoms with Gasteiger partial charge >= 0.3 is 0 Å². The van der Waals surface area contributed by atoms with Gasteiger partial charge in [-0.25, -0.2) is 13.1 Å². The number of sulfonamides is 1. The summed E-state index contributed by atoms with van der Waals surface area (Å²) in [7, 11) is -3.39. The molecule has 5 nitrogen and oxygen atoms in total. The van der Waals surface area contributed by atoms with E-state index in [9.17, 15) is 8.42 Å². The normalized spacial score (nSPS) is 19.5. The van der Waals surface area contributed by atoms with E-state index in [-0.39, 0.29) is 11.1 Å². The summed E-state index contributed by atoms with van der Waals surface area (Å²) in [5.41, 5.74) is 0. The van der Waals surface area contributed by atoms with Crippen LogP contribution in [0.15, 0.2) is 17.3 Å². The van der Waals surface area contributed by atoms with E-state index < -0.39 is 10.0 Å². The summed E-state index contributed by atoms with van der Waals surface area (Å²) in [6.45, 7) is 1.89. The van der Waals surface area contributed by atoms with Crippen LogP contribution in [0.3, 0.4) is 0 Å². The molecule has 2 N–H and O–H groups in total. The Hall–Kier alpha value is -0.880. The minimum Gasteiger partial charge on any atom is -0.266 e. The van der Waals surface area contributed by atoms with Gasteiger partial charge in [-0.3, -0.25) is 5.10 Å². The first-order valence-electron chi connectivity index (χ1n) is 4.61. The van der Waals surface area contributed by atoms with Gasteiger partial charge in [0.05, 0.1) is 6.20 Å². The van der Waals surface area contributed by atoms with E-state index in [4.69, 9.17) is 0 Å². The second-order valence-electron chi connectivity index (χ2n) is 3.67. The Bertz CT molecular complexity index is 394. The Kier molecular flexibility index (Phi) is 2.32. The molecule has 0 aromatic carbocycles. The largest absolute Gasteiger partial charge is 0.266 e. The van der Waals surface area contributed by atoms with Crippen molar-refractivity contribution in [3.8, 4) is 0 Å². The first-order chi connectivity index (χ1) is 6.59. The van der Waals surface area contributed by atoms with E-state index in [0.717, 1.165) is 12.8 Å². The van der Waals surface area contributed by atoms with Gasteiger partial charge in [0.1, 0.15) is 0 Å². The Balaban J connectivity index is 2.09. The van der Waals surface area contributed by atoms with E-state index in [1.165, 1.54) is 12.3 Å². The molecule has 1 saturated carbocycles. The lowest BCUT2D eigenvalue weighted by molar-refractivity contribution is 0.535. The van der Waals surface area contributed by atoms with Crippen molar-refractivity contribution in [2.45, 2.75) is 30.8 Å². The maximum Gasteiger partial charge on any atom is 0.257 e. The standard InChI is InChI=1S/C8H13N3O2S/c1-6(7-2-3-7)11-14(12,13)8-4-5-9-10-8/h4-7,11H,2-3H2,1H3,(H,9,10). The van der Waals surface area contributed by atoms with Crippen LogP contribution in [0.2, 0.25) is 0 Å². The molecule has 1 aliphatic rings. The fraction of sp³-hybridized carbons (Fsp3) is 0.625. The molecule has 1 fully saturated rings. The molecule has 0 amide bonds. The van der Waals surface area contributed by atoms with Crippen LogP contribution in [0, 0.1) is 5.92 Å². The SMILES string of the molecule is CC(NS(=O)(=O)c1ccn[nH]1)C1CC1. The summed E-state index contributed by atoms with van der Waals surface area (Å²) in [6.07, 6.45) is 3.66. The predicted octanol–water partition coefficient (Wildman–Crippen LogP) is 0.486. The summed E-state index contributed by atoms with van der Waals surface area (Å²) in [5.74, 6) is 0.507. The second-order valence-corrected chi connectivity index (χ2v) is 5.35. The summed E-state index contributed by atoms with van der Waals surface area (Å²) < 4.78 is 25.9. The number of H-pyrrole nitrogens is 1. The Morgan fingerprint density at radius 3 is 2.86 bits per heavy atom. The molecule has 1 aromatic heterocycles. The van der Waals surface area contributed by atoms with Crippen molar-refractivity contribution in [1.82, 2.24) is 14.9 Å². The highest BCUT2D eigenvalue weighted by Gasteiger charge is 2.31. The van der Waals surface area contributed by atoms with E-state index in [1.807, 2.05) is 6.92 Å². The molecule has 78 valence electrons. The molecule has 0 aliphatic heterocycles. The van der Waals surface area contributed by atoms with E-state index >= 15 is 0 Å². The molecule has 1 heterocycles. The molecule has 0 spiro atoms. The van der Waals surface area contributed by atoms with Crippen molar-refractivity contribution in [2.24, 2.45) is 5.92 Å². The first kappa shape index (κ1) is 9.67. The molecule has 0 radical (unpaired) electrons. The molecule has 2 rings (SSSR count). The number of nitrogens with zero attached hydrogens (tertiary/aromatic N) is 1. The number of aromatic amines is 1. The summed E-state index contributed by atoms with van der Waals surface area (Å²) >= 11 is 0. The fourth-order valence-corrected chi connectivity index (χ4v) is 2.62. The minimum atomic E-state index is -3.39. The van der Waals surface area contributed by atoms with E-state index in [0.29, 0.717) is 5.92 Å². The van der Waals surface area contributed by atoms with Crippen LogP contribution in [0.25, 0.3) is 0 Å². The molecule has 0 saturated heterocycles. The van der Waals surface area contributed by atoms with Crippen LogP contribution < -0.4 is 4.72 Å². The van der Waals surface area contributed by atoms with Crippen molar-refractivity contribution in [2.75, 3.05) is 0 Å². The van der Waals surface area contributed by atoms with Gasteiger partial charge in [0.15, 0.2) is 5.03 Å². The second kappa shape index (κ2) is 3.36. The summed E-state index contributed by atoms with van der Waals surface area (Å²) in [4.78, 5) is 0. The lowest BCUT2D eigenvalue weighted by Gasteiger charge is -2.11. The number of nitrogens with one attached hydrogen (secondary N) is 2. The molecule has 6 heteroatoms. The zero-order valence-electron chi connectivity index (χ0n) is 7.90. The maximum atomic E-state index is 11.7. The van der Waals surface area contributed by atoms with Gasteiger partial charge < -0.3 is 0 Å². The van der Waals surface area contributed by atoms with Gasteiger partial charge in [-0.05, 0) is 31.7 Å². The molecule has 14 heavy (non-hydrogen) atoms. The lowest BCUT2D eigenvalue weighted by atomic mass is 10.2. The van der Waals surface area contributed by atoms with Crippen LogP contribution in [-0.2, 0) is 10.0 Å². The van der Waals surface area contributed by atoms with Crippen LogP contribution in [-0.4, -0.2) is 24.7 Å². The minimum absolute atomic E-state index is 0.0169. The van der Waals surface area contributed by atoms with Gasteiger partial charge in [-0.15, -0.1) is 0 Å². The van der Waals surface area contributed by atoms with Crippen molar-refractivity contribution < 1.29 is 8.42 Å². The smallest absolute Gasteiger partial charge is 0.257 e. The van der Waals surface area contributed by atoms with Gasteiger partial charge in [0.25, 0.3) is 10.0 Å². The van der Waals surface area contributed by atoms with E-state index in [2.05, 4.69) is 14.9 Å². The third-order valence-electron chi connectivity index (χ3n) is 2.43. The Labute approximate surface area is 83.0 Å². The van der Waals surface area contributed by atoms with Crippen molar-refractivity contribution in [3.05, 3.63) is 12.3 Å². The monoisotopic (exact) mass is 215 g/mol. The van der Waals surface area contributed by atoms with Gasteiger partial charge in [-0.2, -0.15) is 5.10 Å². The highest BCUT2D eigenvalue weighted by atomic mass is 32.2. The zero-order chi connectivity index (χ0) is 10.2. The predicted molar refractivity (Wildman–Crippen MR) is 51.1 cm³/mol. The van der Waals surface area contributed by atoms with Crippen molar-refractivity contribution in [1.29, 1.82) is 0 Å². The Morgan fingerprint density at radius 2 is 2.36 bits per heavy atom. The quantitative estimate of drug-likeness (QED) is 0.767. The summed E-state index contributed by atoms with van der Waals surface area (Å²) in [6, 6.07) is 1.46. The highest BCUT2D eigenvalue weighted by Crippen LogP contribution is 2.32. The number of hydrogen-bond donors (Lipinski definition) is 2. The molecule has 1 aliphatic carbocycles. The van der Waals surface area contributed by atoms with Crippen LogP contribution in [0.5, 0.6) is 0 Å². The average molecular weight is 215 g/mol. The molecular weight excluding hydrogens is 202 g/mol. The molecule has 0 bridgehead atoms. The third kappa shape index (κ3) is 1.96. The fourth-order valence-electron chi connectivity index (χ4n) is 1.39. The topological polar surface area (TPSA) is 74.8 Å². The van der Waals surface area contributed by atoms with Crippen molar-refractivity contribution in [3.63, 3.8) is 0 Å². The first-order valence-corrected chi connectivity index (χ1v) is 6.09. The number of rotatable bonds is 4. The third-order valence-corrected chi connectivity index (χ3v) is 3.92.